The van der Waals surface area contributed by atoms with Crippen molar-refractivity contribution in [1.82, 2.24) is 15.1 Å². The Kier molecular flexibility index (Phi) is 6.39. The molecule has 2 aromatic rings. The molecule has 0 radical (unpaired) electrons. The highest BCUT2D eigenvalue weighted by atomic mass is 32.1. The zero-order chi connectivity index (χ0) is 21.0. The van der Waals surface area contributed by atoms with Gasteiger partial charge in [-0.1, -0.05) is 49.2 Å². The quantitative estimate of drug-likeness (QED) is 0.507. The molecule has 0 bridgehead atoms. The molecule has 1 aromatic carbocycles. The van der Waals surface area contributed by atoms with Crippen molar-refractivity contribution in [2.24, 2.45) is 5.92 Å². The van der Waals surface area contributed by atoms with Gasteiger partial charge in [0, 0.05) is 37.0 Å². The van der Waals surface area contributed by atoms with Crippen LogP contribution in [0.5, 0.6) is 0 Å². The van der Waals surface area contributed by atoms with Crippen molar-refractivity contribution in [2.75, 3.05) is 26.2 Å². The summed E-state index contributed by atoms with van der Waals surface area (Å²) in [5.41, 5.74) is -0.750. The van der Waals surface area contributed by atoms with E-state index in [1.807, 2.05) is 46.7 Å². The number of thiophene rings is 1. The smallest absolute Gasteiger partial charge is 0.259 e. The van der Waals surface area contributed by atoms with Gasteiger partial charge in [-0.25, -0.2) is 0 Å². The number of aliphatic hydroxyl groups is 1. The number of guanidine groups is 1. The Morgan fingerprint density at radius 3 is 2.37 bits per heavy atom. The van der Waals surface area contributed by atoms with Gasteiger partial charge in [-0.05, 0) is 29.9 Å². The number of piperazine rings is 1. The van der Waals surface area contributed by atoms with E-state index in [0.29, 0.717) is 44.2 Å². The monoisotopic (exact) mass is 426 g/mol. The van der Waals surface area contributed by atoms with E-state index in [-0.39, 0.29) is 11.8 Å². The number of carbonyl (C=O) groups is 1. The fraction of sp³-hybridized carbons (Fsp3) is 0.478. The molecule has 160 valence electrons. The maximum Gasteiger partial charge on any atom is 0.259 e. The van der Waals surface area contributed by atoms with Crippen molar-refractivity contribution in [3.8, 4) is 0 Å². The van der Waals surface area contributed by atoms with E-state index in [2.05, 4.69) is 11.4 Å². The van der Waals surface area contributed by atoms with Gasteiger partial charge in [0.2, 0.25) is 0 Å². The third-order valence-corrected chi connectivity index (χ3v) is 7.26. The van der Waals surface area contributed by atoms with Gasteiger partial charge in [0.1, 0.15) is 0 Å². The molecule has 7 heteroatoms. The predicted molar refractivity (Wildman–Crippen MR) is 119 cm³/mol. The van der Waals surface area contributed by atoms with E-state index in [1.165, 1.54) is 4.88 Å². The fourth-order valence-corrected chi connectivity index (χ4v) is 5.28. The van der Waals surface area contributed by atoms with Gasteiger partial charge >= 0.3 is 0 Å². The van der Waals surface area contributed by atoms with Crippen molar-refractivity contribution in [3.05, 3.63) is 58.3 Å². The van der Waals surface area contributed by atoms with Crippen molar-refractivity contribution < 1.29 is 9.90 Å². The third-order valence-electron chi connectivity index (χ3n) is 6.38. The first-order chi connectivity index (χ1) is 14.6. The average molecular weight is 427 g/mol. The molecule has 6 nitrogen and oxygen atoms in total. The molecule has 1 atom stereocenters. The molecule has 1 amide bonds. The molecule has 3 N–H and O–H groups in total. The highest BCUT2D eigenvalue weighted by molar-refractivity contribution is 7.09. The van der Waals surface area contributed by atoms with Crippen LogP contribution in [-0.4, -0.2) is 53.0 Å². The van der Waals surface area contributed by atoms with Crippen LogP contribution in [0.3, 0.4) is 0 Å². The second-order valence-electron chi connectivity index (χ2n) is 8.17. The van der Waals surface area contributed by atoms with Crippen LogP contribution in [-0.2, 0) is 16.9 Å². The largest absolute Gasteiger partial charge is 0.375 e. The van der Waals surface area contributed by atoms with Crippen LogP contribution < -0.4 is 5.32 Å². The fourth-order valence-electron chi connectivity index (χ4n) is 4.64. The lowest BCUT2D eigenvalue weighted by molar-refractivity contribution is -0.160. The number of benzene rings is 1. The van der Waals surface area contributed by atoms with Crippen LogP contribution in [0.1, 0.15) is 36.1 Å². The maximum atomic E-state index is 13.6. The van der Waals surface area contributed by atoms with E-state index in [0.717, 1.165) is 25.7 Å². The SMILES string of the molecule is N=C(NCc1cccs1)N1CCN(C(=O)[C@](O)(c2ccccc2)C2CCCC2)CC1. The summed E-state index contributed by atoms with van der Waals surface area (Å²) in [6, 6.07) is 13.5. The average Bonchev–Trinajstić information content (AvgIpc) is 3.52. The molecule has 0 unspecified atom stereocenters. The van der Waals surface area contributed by atoms with E-state index >= 15 is 0 Å². The molecule has 1 aromatic heterocycles. The van der Waals surface area contributed by atoms with Gasteiger partial charge in [-0.2, -0.15) is 0 Å². The summed E-state index contributed by atoms with van der Waals surface area (Å²) in [6.45, 7) is 2.87. The molecule has 2 fully saturated rings. The normalized spacial score (nSPS) is 19.5. The second-order valence-corrected chi connectivity index (χ2v) is 9.21. The zero-order valence-corrected chi connectivity index (χ0v) is 18.0. The Morgan fingerprint density at radius 2 is 1.73 bits per heavy atom. The van der Waals surface area contributed by atoms with E-state index < -0.39 is 5.60 Å². The molecule has 0 spiro atoms. The number of rotatable bonds is 5. The lowest BCUT2D eigenvalue weighted by Crippen LogP contribution is -2.58. The van der Waals surface area contributed by atoms with E-state index in [1.54, 1.807) is 16.2 Å². The first-order valence-corrected chi connectivity index (χ1v) is 11.6. The number of hydrogen-bond donors (Lipinski definition) is 3. The number of carbonyl (C=O) groups excluding carboxylic acids is 1. The van der Waals surface area contributed by atoms with Gasteiger partial charge < -0.3 is 20.2 Å². The molecule has 1 saturated carbocycles. The van der Waals surface area contributed by atoms with Crippen LogP contribution in [0, 0.1) is 11.3 Å². The lowest BCUT2D eigenvalue weighted by atomic mass is 9.79. The molecule has 30 heavy (non-hydrogen) atoms. The Hall–Kier alpha value is -2.38. The second kappa shape index (κ2) is 9.18. The lowest BCUT2D eigenvalue weighted by Gasteiger charge is -2.42. The number of hydrogen-bond acceptors (Lipinski definition) is 4. The Morgan fingerprint density at radius 1 is 1.07 bits per heavy atom. The molecule has 2 heterocycles. The Bertz CT molecular complexity index is 843. The highest BCUT2D eigenvalue weighted by Crippen LogP contribution is 2.42. The van der Waals surface area contributed by atoms with Gasteiger partial charge in [-0.15, -0.1) is 11.3 Å². The van der Waals surface area contributed by atoms with Crippen molar-refractivity contribution in [2.45, 2.75) is 37.8 Å². The van der Waals surface area contributed by atoms with E-state index in [4.69, 9.17) is 5.41 Å². The standard InChI is InChI=1S/C23H30N4O2S/c24-22(25-17-20-11-6-16-30-20)27-14-12-26(13-15-27)21(28)23(29,19-9-4-5-10-19)18-7-2-1-3-8-18/h1-3,6-8,11,16,19,29H,4-5,9-10,12-15,17H2,(H2,24,25)/t23-/m0/s1. The summed E-state index contributed by atoms with van der Waals surface area (Å²) in [5.74, 6) is 0.180. The van der Waals surface area contributed by atoms with Gasteiger partial charge in [0.05, 0.1) is 6.54 Å². The van der Waals surface area contributed by atoms with Crippen molar-refractivity contribution in [1.29, 1.82) is 5.41 Å². The molecule has 1 aliphatic carbocycles. The summed E-state index contributed by atoms with van der Waals surface area (Å²) in [4.78, 5) is 18.5. The zero-order valence-electron chi connectivity index (χ0n) is 17.2. The van der Waals surface area contributed by atoms with Crippen LogP contribution in [0.4, 0.5) is 0 Å². The summed E-state index contributed by atoms with van der Waals surface area (Å²) in [6.07, 6.45) is 3.89. The van der Waals surface area contributed by atoms with Gasteiger partial charge in [0.15, 0.2) is 11.6 Å². The number of amides is 1. The number of nitrogens with one attached hydrogen (secondary N) is 2. The molecule has 2 aliphatic rings. The van der Waals surface area contributed by atoms with Crippen molar-refractivity contribution >= 4 is 23.2 Å². The predicted octanol–water partition coefficient (Wildman–Crippen LogP) is 2.99. The first kappa shape index (κ1) is 20.9. The van der Waals surface area contributed by atoms with Crippen LogP contribution in [0.25, 0.3) is 0 Å². The van der Waals surface area contributed by atoms with Crippen LogP contribution in [0.15, 0.2) is 47.8 Å². The van der Waals surface area contributed by atoms with Crippen molar-refractivity contribution in [3.63, 3.8) is 0 Å². The Labute approximate surface area is 182 Å². The topological polar surface area (TPSA) is 79.7 Å². The minimum absolute atomic E-state index is 0.0313. The van der Waals surface area contributed by atoms with Crippen LogP contribution >= 0.6 is 11.3 Å². The molecule has 4 rings (SSSR count). The third kappa shape index (κ3) is 4.23. The molecule has 1 saturated heterocycles. The minimum atomic E-state index is -1.45. The minimum Gasteiger partial charge on any atom is -0.375 e. The summed E-state index contributed by atoms with van der Waals surface area (Å²) < 4.78 is 0. The molecule has 1 aliphatic heterocycles. The van der Waals surface area contributed by atoms with E-state index in [9.17, 15) is 9.90 Å². The van der Waals surface area contributed by atoms with Gasteiger partial charge in [0.25, 0.3) is 5.91 Å². The van der Waals surface area contributed by atoms with Crippen LogP contribution in [0.2, 0.25) is 0 Å². The van der Waals surface area contributed by atoms with Gasteiger partial charge in [-0.3, -0.25) is 10.2 Å². The number of nitrogens with zero attached hydrogens (tertiary/aromatic N) is 2. The summed E-state index contributed by atoms with van der Waals surface area (Å²) >= 11 is 1.67. The maximum absolute atomic E-state index is 13.6. The molecular formula is C23H30N4O2S. The summed E-state index contributed by atoms with van der Waals surface area (Å²) in [7, 11) is 0. The summed E-state index contributed by atoms with van der Waals surface area (Å²) in [5, 5.41) is 25.2. The highest BCUT2D eigenvalue weighted by Gasteiger charge is 2.48. The first-order valence-electron chi connectivity index (χ1n) is 10.8. The Balaban J connectivity index is 1.40. The molecular weight excluding hydrogens is 396 g/mol.